The molecule has 0 spiro atoms. The van der Waals surface area contributed by atoms with Gasteiger partial charge in [0.1, 0.15) is 12.4 Å². The molecule has 2 heterocycles. The largest absolute Gasteiger partial charge is 0.346 e. The van der Waals surface area contributed by atoms with Gasteiger partial charge >= 0.3 is 0 Å². The number of imidazole rings is 1. The molecule has 1 aliphatic carbocycles. The number of amides is 2. The van der Waals surface area contributed by atoms with Crippen LogP contribution in [0.3, 0.4) is 0 Å². The second-order valence-corrected chi connectivity index (χ2v) is 8.91. The van der Waals surface area contributed by atoms with Crippen molar-refractivity contribution < 1.29 is 9.59 Å². The number of hydrogen-bond donors (Lipinski definition) is 1. The molecule has 162 valence electrons. The average Bonchev–Trinajstić information content (AvgIpc) is 2.93. The Morgan fingerprint density at radius 3 is 2.43 bits per heavy atom. The van der Waals surface area contributed by atoms with E-state index in [2.05, 4.69) is 5.32 Å². The number of carbonyl (C=O) groups excluding carboxylic acids is 2. The van der Waals surface area contributed by atoms with Crippen LogP contribution in [0.1, 0.15) is 76.6 Å². The summed E-state index contributed by atoms with van der Waals surface area (Å²) in [5.41, 5.74) is 1.82. The summed E-state index contributed by atoms with van der Waals surface area (Å²) in [5, 5.41) is 3.18. The third-order valence-corrected chi connectivity index (χ3v) is 6.66. The van der Waals surface area contributed by atoms with Crippen LogP contribution in [0.2, 0.25) is 0 Å². The third kappa shape index (κ3) is 4.68. The lowest BCUT2D eigenvalue weighted by molar-refractivity contribution is -0.131. The van der Waals surface area contributed by atoms with E-state index in [1.165, 1.54) is 19.3 Å². The van der Waals surface area contributed by atoms with Gasteiger partial charge in [-0.2, -0.15) is 0 Å². The lowest BCUT2D eigenvalue weighted by atomic mass is 9.88. The molecule has 1 atom stereocenters. The maximum absolute atomic E-state index is 13.1. The fourth-order valence-electron chi connectivity index (χ4n) is 4.91. The first-order valence-corrected chi connectivity index (χ1v) is 11.7. The molecule has 0 bridgehead atoms. The first kappa shape index (κ1) is 20.9. The number of likely N-dealkylation sites (tertiary alicyclic amines) is 1. The van der Waals surface area contributed by atoms with Crippen LogP contribution in [0.5, 0.6) is 0 Å². The zero-order chi connectivity index (χ0) is 20.9. The molecular formula is C24H34N4O2. The van der Waals surface area contributed by atoms with Gasteiger partial charge in [0.2, 0.25) is 11.8 Å². The highest BCUT2D eigenvalue weighted by molar-refractivity contribution is 5.82. The monoisotopic (exact) mass is 410 g/mol. The van der Waals surface area contributed by atoms with E-state index in [4.69, 9.17) is 4.98 Å². The van der Waals surface area contributed by atoms with Crippen molar-refractivity contribution in [1.29, 1.82) is 0 Å². The molecule has 1 N–H and O–H groups in total. The molecule has 2 fully saturated rings. The Kier molecular flexibility index (Phi) is 6.70. The number of nitrogens with one attached hydrogen (secondary N) is 1. The average molecular weight is 411 g/mol. The quantitative estimate of drug-likeness (QED) is 0.803. The van der Waals surface area contributed by atoms with Crippen molar-refractivity contribution in [2.75, 3.05) is 13.1 Å². The van der Waals surface area contributed by atoms with Gasteiger partial charge in [-0.3, -0.25) is 9.59 Å². The maximum atomic E-state index is 13.1. The molecular weight excluding hydrogens is 376 g/mol. The summed E-state index contributed by atoms with van der Waals surface area (Å²) < 4.78 is 2.01. The minimum absolute atomic E-state index is 0.109. The SMILES string of the molecule is CC(NC(=O)C1CCCCC1)c1nc2ccccc2n1CC(=O)N1CCCCCC1. The molecule has 30 heavy (non-hydrogen) atoms. The third-order valence-electron chi connectivity index (χ3n) is 6.66. The summed E-state index contributed by atoms with van der Waals surface area (Å²) in [6.45, 7) is 3.94. The summed E-state index contributed by atoms with van der Waals surface area (Å²) >= 11 is 0. The van der Waals surface area contributed by atoms with E-state index in [-0.39, 0.29) is 30.3 Å². The summed E-state index contributed by atoms with van der Waals surface area (Å²) in [7, 11) is 0. The zero-order valence-corrected chi connectivity index (χ0v) is 18.1. The number of fused-ring (bicyclic) bond motifs is 1. The second-order valence-electron chi connectivity index (χ2n) is 8.91. The fraction of sp³-hybridized carbons (Fsp3) is 0.625. The van der Waals surface area contributed by atoms with Gasteiger partial charge in [-0.15, -0.1) is 0 Å². The number of aromatic nitrogens is 2. The topological polar surface area (TPSA) is 67.2 Å². The van der Waals surface area contributed by atoms with Gasteiger partial charge in [-0.1, -0.05) is 44.2 Å². The number of rotatable bonds is 5. The molecule has 6 heteroatoms. The highest BCUT2D eigenvalue weighted by Gasteiger charge is 2.26. The lowest BCUT2D eigenvalue weighted by Crippen LogP contribution is -2.37. The van der Waals surface area contributed by atoms with Crippen molar-refractivity contribution in [3.05, 3.63) is 30.1 Å². The normalized spacial score (nSPS) is 19.4. The molecule has 2 aromatic rings. The van der Waals surface area contributed by atoms with Crippen LogP contribution >= 0.6 is 0 Å². The second kappa shape index (κ2) is 9.63. The van der Waals surface area contributed by atoms with Crippen LogP contribution < -0.4 is 5.32 Å². The zero-order valence-electron chi connectivity index (χ0n) is 18.1. The van der Waals surface area contributed by atoms with Crippen LogP contribution in [0.15, 0.2) is 24.3 Å². The fourth-order valence-corrected chi connectivity index (χ4v) is 4.91. The summed E-state index contributed by atoms with van der Waals surface area (Å²) in [4.78, 5) is 32.7. The van der Waals surface area contributed by atoms with Crippen LogP contribution in [0, 0.1) is 5.92 Å². The van der Waals surface area contributed by atoms with Gasteiger partial charge in [0.05, 0.1) is 17.1 Å². The van der Waals surface area contributed by atoms with E-state index in [1.807, 2.05) is 40.7 Å². The highest BCUT2D eigenvalue weighted by atomic mass is 16.2. The predicted molar refractivity (Wildman–Crippen MR) is 118 cm³/mol. The molecule has 1 aromatic carbocycles. The van der Waals surface area contributed by atoms with Gasteiger partial charge in [-0.05, 0) is 44.7 Å². The van der Waals surface area contributed by atoms with E-state index in [9.17, 15) is 9.59 Å². The molecule has 1 saturated heterocycles. The van der Waals surface area contributed by atoms with E-state index in [1.54, 1.807) is 0 Å². The smallest absolute Gasteiger partial charge is 0.242 e. The first-order valence-electron chi connectivity index (χ1n) is 11.7. The number of benzene rings is 1. The van der Waals surface area contributed by atoms with Gasteiger partial charge in [0.25, 0.3) is 0 Å². The van der Waals surface area contributed by atoms with Crippen molar-refractivity contribution in [3.63, 3.8) is 0 Å². The van der Waals surface area contributed by atoms with E-state index in [0.29, 0.717) is 0 Å². The molecule has 4 rings (SSSR count). The molecule has 1 aliphatic heterocycles. The van der Waals surface area contributed by atoms with Crippen molar-refractivity contribution in [2.45, 2.75) is 77.3 Å². The molecule has 1 unspecified atom stereocenters. The Labute approximate surface area is 179 Å². The van der Waals surface area contributed by atoms with E-state index >= 15 is 0 Å². The van der Waals surface area contributed by atoms with Gasteiger partial charge in [0.15, 0.2) is 0 Å². The summed E-state index contributed by atoms with van der Waals surface area (Å²) in [6, 6.07) is 7.69. The minimum Gasteiger partial charge on any atom is -0.346 e. The molecule has 6 nitrogen and oxygen atoms in total. The van der Waals surface area contributed by atoms with Crippen LogP contribution in [0.4, 0.5) is 0 Å². The van der Waals surface area contributed by atoms with Gasteiger partial charge in [0, 0.05) is 19.0 Å². The lowest BCUT2D eigenvalue weighted by Gasteiger charge is -2.24. The van der Waals surface area contributed by atoms with E-state index < -0.39 is 0 Å². The number of nitrogens with zero attached hydrogens (tertiary/aromatic N) is 3. The summed E-state index contributed by atoms with van der Waals surface area (Å²) in [5.74, 6) is 1.15. The minimum atomic E-state index is -0.233. The molecule has 0 radical (unpaired) electrons. The van der Waals surface area contributed by atoms with Gasteiger partial charge in [-0.25, -0.2) is 4.98 Å². The summed E-state index contributed by atoms with van der Waals surface area (Å²) in [6.07, 6.45) is 10.0. The van der Waals surface area contributed by atoms with Crippen molar-refractivity contribution >= 4 is 22.8 Å². The van der Waals surface area contributed by atoms with E-state index in [0.717, 1.165) is 68.5 Å². The Balaban J connectivity index is 1.54. The van der Waals surface area contributed by atoms with Crippen LogP contribution in [0.25, 0.3) is 11.0 Å². The van der Waals surface area contributed by atoms with Crippen molar-refractivity contribution in [1.82, 2.24) is 19.8 Å². The predicted octanol–water partition coefficient (Wildman–Crippen LogP) is 4.20. The first-order chi connectivity index (χ1) is 14.6. The Hall–Kier alpha value is -2.37. The molecule has 1 saturated carbocycles. The number of carbonyl (C=O) groups is 2. The molecule has 1 aromatic heterocycles. The Bertz CT molecular complexity index is 876. The van der Waals surface area contributed by atoms with Crippen molar-refractivity contribution in [3.8, 4) is 0 Å². The molecule has 2 aliphatic rings. The van der Waals surface area contributed by atoms with Crippen LogP contribution in [-0.2, 0) is 16.1 Å². The van der Waals surface area contributed by atoms with Crippen LogP contribution in [-0.4, -0.2) is 39.4 Å². The maximum Gasteiger partial charge on any atom is 0.242 e. The standard InChI is InChI=1S/C24H34N4O2/c1-18(25-24(30)19-11-5-4-6-12-19)23-26-20-13-7-8-14-21(20)28(23)17-22(29)27-15-9-2-3-10-16-27/h7-8,13-14,18-19H,2-6,9-12,15-17H2,1H3,(H,25,30). The van der Waals surface area contributed by atoms with Crippen molar-refractivity contribution in [2.24, 2.45) is 5.92 Å². The number of hydrogen-bond acceptors (Lipinski definition) is 3. The van der Waals surface area contributed by atoms with Gasteiger partial charge < -0.3 is 14.8 Å². The highest BCUT2D eigenvalue weighted by Crippen LogP contribution is 2.26. The number of para-hydroxylation sites is 2. The Morgan fingerprint density at radius 2 is 1.70 bits per heavy atom. The molecule has 2 amide bonds. The Morgan fingerprint density at radius 1 is 1.03 bits per heavy atom.